The molecule has 1 radical (unpaired) electrons. The van der Waals surface area contributed by atoms with Crippen molar-refractivity contribution in [3.8, 4) is 0 Å². The monoisotopic (exact) mass is 365 g/mol. The minimum atomic E-state index is -4.78. The minimum Gasteiger partial charge on any atom is -0.463 e. The molecule has 0 aromatic carbocycles. The van der Waals surface area contributed by atoms with Gasteiger partial charge in [-0.3, -0.25) is 14.1 Å². The van der Waals surface area contributed by atoms with Gasteiger partial charge < -0.3 is 18.9 Å². The summed E-state index contributed by atoms with van der Waals surface area (Å²) in [6, 6.07) is 0. The van der Waals surface area contributed by atoms with E-state index in [-0.39, 0.29) is 56.0 Å². The molecule has 0 bridgehead atoms. The predicted octanol–water partition coefficient (Wildman–Crippen LogP) is -0.588. The van der Waals surface area contributed by atoms with Gasteiger partial charge in [-0.1, -0.05) is 0 Å². The van der Waals surface area contributed by atoms with Crippen LogP contribution in [0.15, 0.2) is 0 Å². The van der Waals surface area contributed by atoms with E-state index in [0.717, 1.165) is 0 Å². The molecule has 0 aromatic rings. The molecular formula is C12H22NaO9S. The molecule has 0 aromatic heterocycles. The van der Waals surface area contributed by atoms with E-state index >= 15 is 0 Å². The minimum absolute atomic E-state index is 0. The van der Waals surface area contributed by atoms with Crippen LogP contribution in [0.5, 0.6) is 0 Å². The molecule has 0 rings (SSSR count). The molecule has 0 fully saturated rings. The van der Waals surface area contributed by atoms with E-state index in [4.69, 9.17) is 18.8 Å². The predicted molar refractivity (Wildman–Crippen MR) is 80.6 cm³/mol. The first-order chi connectivity index (χ1) is 10.3. The van der Waals surface area contributed by atoms with Gasteiger partial charge in [0, 0.05) is 42.8 Å². The zero-order valence-electron chi connectivity index (χ0n) is 13.6. The molecule has 0 saturated carbocycles. The fourth-order valence-corrected chi connectivity index (χ4v) is 1.98. The van der Waals surface area contributed by atoms with E-state index in [1.807, 2.05) is 0 Å². The first-order valence-corrected chi connectivity index (χ1v) is 8.27. The molecule has 0 aliphatic heterocycles. The normalized spacial score (nSPS) is 12.1. The second-order valence-electron chi connectivity index (χ2n) is 3.99. The Hall–Kier alpha value is -0.230. The average Bonchev–Trinajstić information content (AvgIpc) is 2.44. The first-order valence-electron chi connectivity index (χ1n) is 6.76. The van der Waals surface area contributed by atoms with Gasteiger partial charge in [-0.05, 0) is 13.8 Å². The van der Waals surface area contributed by atoms with Gasteiger partial charge in [0.1, 0.15) is 13.2 Å². The van der Waals surface area contributed by atoms with Crippen LogP contribution in [0.4, 0.5) is 0 Å². The van der Waals surface area contributed by atoms with Crippen LogP contribution in [-0.4, -0.2) is 99.4 Å². The van der Waals surface area contributed by atoms with Gasteiger partial charge in [0.15, 0.2) is 5.25 Å². The Labute approximate surface area is 158 Å². The number of carbonyl (C=O) groups is 2. The van der Waals surface area contributed by atoms with E-state index in [1.54, 1.807) is 13.8 Å². The van der Waals surface area contributed by atoms with Gasteiger partial charge in [-0.2, -0.15) is 8.42 Å². The number of hydrogen-bond donors (Lipinski definition) is 1. The Morgan fingerprint density at radius 2 is 1.43 bits per heavy atom. The fourth-order valence-electron chi connectivity index (χ4n) is 1.32. The third-order valence-electron chi connectivity index (χ3n) is 2.35. The molecule has 23 heavy (non-hydrogen) atoms. The van der Waals surface area contributed by atoms with Crippen molar-refractivity contribution in [2.24, 2.45) is 0 Å². The Morgan fingerprint density at radius 1 is 0.957 bits per heavy atom. The summed E-state index contributed by atoms with van der Waals surface area (Å²) in [5, 5.41) is -2.02. The Balaban J connectivity index is 0. The number of carbonyl (C=O) groups excluding carboxylic acids is 2. The summed E-state index contributed by atoms with van der Waals surface area (Å²) in [7, 11) is -4.78. The molecular weight excluding hydrogens is 343 g/mol. The molecule has 1 unspecified atom stereocenters. The molecule has 131 valence electrons. The second-order valence-corrected chi connectivity index (χ2v) is 5.59. The van der Waals surface area contributed by atoms with Crippen molar-refractivity contribution in [3.05, 3.63) is 0 Å². The fraction of sp³-hybridized carbons (Fsp3) is 0.833. The van der Waals surface area contributed by atoms with Gasteiger partial charge in [0.25, 0.3) is 10.1 Å². The maximum atomic E-state index is 11.6. The third kappa shape index (κ3) is 12.8. The largest absolute Gasteiger partial charge is 0.463 e. The average molecular weight is 365 g/mol. The summed E-state index contributed by atoms with van der Waals surface area (Å²) in [5.74, 6) is -2.19. The van der Waals surface area contributed by atoms with Crippen LogP contribution < -0.4 is 0 Å². The van der Waals surface area contributed by atoms with Crippen LogP contribution in [0, 0.1) is 0 Å². The van der Waals surface area contributed by atoms with E-state index in [0.29, 0.717) is 13.2 Å². The Bertz CT molecular complexity index is 438. The van der Waals surface area contributed by atoms with E-state index in [1.165, 1.54) is 0 Å². The molecule has 11 heteroatoms. The summed E-state index contributed by atoms with van der Waals surface area (Å²) in [6.45, 7) is 4.32. The molecule has 1 atom stereocenters. The van der Waals surface area contributed by atoms with Crippen LogP contribution in [0.3, 0.4) is 0 Å². The van der Waals surface area contributed by atoms with Crippen molar-refractivity contribution in [1.82, 2.24) is 0 Å². The standard InChI is InChI=1S/C12H22O9S.Na/c1-3-18-5-7-20-11(13)9-10(22(15,16)17)12(14)21-8-6-19-4-2;/h10H,3-9H2,1-2H3,(H,15,16,17);. The molecule has 0 amide bonds. The van der Waals surface area contributed by atoms with E-state index in [9.17, 15) is 18.0 Å². The van der Waals surface area contributed by atoms with Crippen molar-refractivity contribution in [1.29, 1.82) is 0 Å². The summed E-state index contributed by atoms with van der Waals surface area (Å²) >= 11 is 0. The van der Waals surface area contributed by atoms with Crippen molar-refractivity contribution < 1.29 is 41.5 Å². The third-order valence-corrected chi connectivity index (χ3v) is 3.42. The molecule has 0 heterocycles. The Kier molecular flexibility index (Phi) is 15.4. The molecule has 0 aliphatic carbocycles. The number of esters is 2. The number of rotatable bonds is 12. The van der Waals surface area contributed by atoms with Crippen LogP contribution in [-0.2, 0) is 38.7 Å². The van der Waals surface area contributed by atoms with Crippen molar-refractivity contribution in [3.63, 3.8) is 0 Å². The SMILES string of the molecule is CCOCCOC(=O)CC(C(=O)OCCOCC)S(=O)(=O)O.[Na]. The van der Waals surface area contributed by atoms with E-state index < -0.39 is 33.7 Å². The maximum Gasteiger partial charge on any atom is 0.327 e. The van der Waals surface area contributed by atoms with Crippen LogP contribution in [0.2, 0.25) is 0 Å². The summed E-state index contributed by atoms with van der Waals surface area (Å²) in [4.78, 5) is 23.1. The summed E-state index contributed by atoms with van der Waals surface area (Å²) in [6.07, 6.45) is -0.835. The molecule has 0 aliphatic rings. The van der Waals surface area contributed by atoms with Crippen LogP contribution in [0.1, 0.15) is 20.3 Å². The van der Waals surface area contributed by atoms with Crippen molar-refractivity contribution in [2.75, 3.05) is 39.6 Å². The van der Waals surface area contributed by atoms with Crippen LogP contribution in [0.25, 0.3) is 0 Å². The maximum absolute atomic E-state index is 11.6. The first kappa shape index (κ1) is 25.0. The van der Waals surface area contributed by atoms with Crippen LogP contribution >= 0.6 is 0 Å². The van der Waals surface area contributed by atoms with Crippen molar-refractivity contribution >= 4 is 51.6 Å². The number of ether oxygens (including phenoxy) is 4. The van der Waals surface area contributed by atoms with Gasteiger partial charge in [0.05, 0.1) is 19.6 Å². The van der Waals surface area contributed by atoms with E-state index in [2.05, 4.69) is 4.74 Å². The van der Waals surface area contributed by atoms with Gasteiger partial charge in [-0.25, -0.2) is 0 Å². The quantitative estimate of drug-likeness (QED) is 0.209. The molecule has 0 saturated heterocycles. The van der Waals surface area contributed by atoms with Gasteiger partial charge >= 0.3 is 11.9 Å². The Morgan fingerprint density at radius 3 is 1.87 bits per heavy atom. The zero-order valence-corrected chi connectivity index (χ0v) is 16.5. The topological polar surface area (TPSA) is 125 Å². The summed E-state index contributed by atoms with van der Waals surface area (Å²) in [5.41, 5.74) is 0. The molecule has 0 spiro atoms. The smallest absolute Gasteiger partial charge is 0.327 e. The number of hydrogen-bond acceptors (Lipinski definition) is 8. The van der Waals surface area contributed by atoms with Crippen molar-refractivity contribution in [2.45, 2.75) is 25.5 Å². The summed E-state index contributed by atoms with van der Waals surface area (Å²) < 4.78 is 50.5. The molecule has 1 N–H and O–H groups in total. The zero-order chi connectivity index (χ0) is 17.0. The van der Waals surface area contributed by atoms with Gasteiger partial charge in [0.2, 0.25) is 0 Å². The molecule has 9 nitrogen and oxygen atoms in total. The second kappa shape index (κ2) is 14.1. The van der Waals surface area contributed by atoms with Gasteiger partial charge in [-0.15, -0.1) is 0 Å².